The molecule has 5 heteroatoms. The lowest BCUT2D eigenvalue weighted by molar-refractivity contribution is -0.123. The minimum atomic E-state index is -0.0760. The van der Waals surface area contributed by atoms with Crippen LogP contribution in [0.2, 0.25) is 0 Å². The molecule has 1 aromatic rings. The molecule has 1 aliphatic rings. The van der Waals surface area contributed by atoms with Crippen LogP contribution in [0.1, 0.15) is 25.3 Å². The van der Waals surface area contributed by atoms with Crippen molar-refractivity contribution in [2.24, 2.45) is 0 Å². The van der Waals surface area contributed by atoms with E-state index in [1.165, 1.54) is 25.3 Å². The first kappa shape index (κ1) is 15.5. The molecule has 0 spiro atoms. The normalized spacial score (nSPS) is 14.0. The van der Waals surface area contributed by atoms with Gasteiger partial charge in [0.05, 0.1) is 6.54 Å². The van der Waals surface area contributed by atoms with Gasteiger partial charge in [-0.3, -0.25) is 14.5 Å². The monoisotopic (exact) mass is 289 g/mol. The van der Waals surface area contributed by atoms with Crippen LogP contribution in [0.15, 0.2) is 30.3 Å². The van der Waals surface area contributed by atoms with Crippen molar-refractivity contribution >= 4 is 11.8 Å². The number of rotatable bonds is 8. The summed E-state index contributed by atoms with van der Waals surface area (Å²) >= 11 is 0. The van der Waals surface area contributed by atoms with Crippen molar-refractivity contribution in [2.75, 3.05) is 19.6 Å². The van der Waals surface area contributed by atoms with E-state index >= 15 is 0 Å². The fourth-order valence-electron chi connectivity index (χ4n) is 2.25. The predicted molar refractivity (Wildman–Crippen MR) is 81.6 cm³/mol. The molecule has 1 aliphatic carbocycles. The van der Waals surface area contributed by atoms with Gasteiger partial charge in [0.15, 0.2) is 0 Å². The Bertz CT molecular complexity index is 472. The molecule has 2 rings (SSSR count). The molecule has 21 heavy (non-hydrogen) atoms. The summed E-state index contributed by atoms with van der Waals surface area (Å²) in [6.45, 7) is 3.65. The first-order chi connectivity index (χ1) is 10.1. The Morgan fingerprint density at radius 2 is 1.81 bits per heavy atom. The topological polar surface area (TPSA) is 61.4 Å². The van der Waals surface area contributed by atoms with Crippen molar-refractivity contribution in [3.8, 4) is 0 Å². The van der Waals surface area contributed by atoms with Crippen LogP contribution in [0.3, 0.4) is 0 Å². The molecule has 1 fully saturated rings. The van der Waals surface area contributed by atoms with E-state index in [4.69, 9.17) is 0 Å². The average Bonchev–Trinajstić information content (AvgIpc) is 3.28. The molecule has 2 N–H and O–H groups in total. The van der Waals surface area contributed by atoms with E-state index in [-0.39, 0.29) is 11.8 Å². The molecule has 0 radical (unpaired) electrons. The Hall–Kier alpha value is -1.88. The average molecular weight is 289 g/mol. The first-order valence-corrected chi connectivity index (χ1v) is 7.44. The van der Waals surface area contributed by atoms with Crippen LogP contribution in [0.5, 0.6) is 0 Å². The van der Waals surface area contributed by atoms with Crippen LogP contribution >= 0.6 is 0 Å². The highest BCUT2D eigenvalue weighted by atomic mass is 16.2. The van der Waals surface area contributed by atoms with Gasteiger partial charge in [0.1, 0.15) is 0 Å². The molecule has 0 bridgehead atoms. The van der Waals surface area contributed by atoms with Gasteiger partial charge in [-0.05, 0) is 18.4 Å². The third-order valence-corrected chi connectivity index (χ3v) is 3.46. The molecule has 1 saturated carbocycles. The van der Waals surface area contributed by atoms with Gasteiger partial charge in [-0.2, -0.15) is 0 Å². The standard InChI is InChI=1S/C16H23N3O2/c1-13(20)17-9-10-18-16(21)12-19(15-7-8-15)11-14-5-3-2-4-6-14/h2-6,15H,7-12H2,1H3,(H,17,20)(H,18,21). The minimum absolute atomic E-state index is 0.0168. The molecule has 114 valence electrons. The van der Waals surface area contributed by atoms with Crippen LogP contribution in [0.25, 0.3) is 0 Å². The zero-order valence-electron chi connectivity index (χ0n) is 12.5. The van der Waals surface area contributed by atoms with E-state index in [0.29, 0.717) is 25.7 Å². The molecule has 0 unspecified atom stereocenters. The maximum Gasteiger partial charge on any atom is 0.234 e. The van der Waals surface area contributed by atoms with Crippen LogP contribution in [0.4, 0.5) is 0 Å². The van der Waals surface area contributed by atoms with Gasteiger partial charge in [0.2, 0.25) is 11.8 Å². The molecular weight excluding hydrogens is 266 g/mol. The van der Waals surface area contributed by atoms with E-state index < -0.39 is 0 Å². The fraction of sp³-hybridized carbons (Fsp3) is 0.500. The first-order valence-electron chi connectivity index (χ1n) is 7.44. The Balaban J connectivity index is 1.74. The van der Waals surface area contributed by atoms with Gasteiger partial charge in [-0.15, -0.1) is 0 Å². The van der Waals surface area contributed by atoms with E-state index in [9.17, 15) is 9.59 Å². The highest BCUT2D eigenvalue weighted by Gasteiger charge is 2.30. The van der Waals surface area contributed by atoms with Gasteiger partial charge in [-0.25, -0.2) is 0 Å². The van der Waals surface area contributed by atoms with Gasteiger partial charge in [-0.1, -0.05) is 30.3 Å². The summed E-state index contributed by atoms with van der Waals surface area (Å²) in [7, 11) is 0. The Labute approximate surface area is 125 Å². The number of benzene rings is 1. The molecule has 5 nitrogen and oxygen atoms in total. The summed E-state index contributed by atoms with van der Waals surface area (Å²) in [5.74, 6) is -0.0592. The molecule has 2 amide bonds. The lowest BCUT2D eigenvalue weighted by Gasteiger charge is -2.21. The van der Waals surface area contributed by atoms with Crippen molar-refractivity contribution in [1.82, 2.24) is 15.5 Å². The minimum Gasteiger partial charge on any atom is -0.355 e. The van der Waals surface area contributed by atoms with Crippen LogP contribution in [-0.4, -0.2) is 42.4 Å². The third kappa shape index (κ3) is 5.95. The zero-order valence-corrected chi connectivity index (χ0v) is 12.5. The van der Waals surface area contributed by atoms with Crippen LogP contribution in [-0.2, 0) is 16.1 Å². The molecule has 0 heterocycles. The van der Waals surface area contributed by atoms with E-state index in [0.717, 1.165) is 6.54 Å². The van der Waals surface area contributed by atoms with E-state index in [2.05, 4.69) is 27.7 Å². The summed E-state index contributed by atoms with van der Waals surface area (Å²) in [6, 6.07) is 10.8. The van der Waals surface area contributed by atoms with Gasteiger partial charge < -0.3 is 10.6 Å². The molecule has 0 aromatic heterocycles. The van der Waals surface area contributed by atoms with Crippen molar-refractivity contribution < 1.29 is 9.59 Å². The SMILES string of the molecule is CC(=O)NCCNC(=O)CN(Cc1ccccc1)C1CC1. The van der Waals surface area contributed by atoms with Crippen molar-refractivity contribution in [2.45, 2.75) is 32.4 Å². The Kier molecular flexibility index (Phi) is 5.75. The van der Waals surface area contributed by atoms with Gasteiger partial charge in [0.25, 0.3) is 0 Å². The van der Waals surface area contributed by atoms with Crippen LogP contribution in [0, 0.1) is 0 Å². The summed E-state index contributed by atoms with van der Waals surface area (Å²) in [5.41, 5.74) is 1.23. The Morgan fingerprint density at radius 1 is 1.14 bits per heavy atom. The number of carbonyl (C=O) groups is 2. The quantitative estimate of drug-likeness (QED) is 0.699. The van der Waals surface area contributed by atoms with Gasteiger partial charge in [0, 0.05) is 32.6 Å². The predicted octanol–water partition coefficient (Wildman–Crippen LogP) is 0.903. The second-order valence-electron chi connectivity index (χ2n) is 5.45. The van der Waals surface area contributed by atoms with Gasteiger partial charge >= 0.3 is 0 Å². The highest BCUT2D eigenvalue weighted by Crippen LogP contribution is 2.27. The summed E-state index contributed by atoms with van der Waals surface area (Å²) in [5, 5.41) is 5.50. The maximum atomic E-state index is 12.0. The second-order valence-corrected chi connectivity index (χ2v) is 5.45. The second kappa shape index (κ2) is 7.78. The highest BCUT2D eigenvalue weighted by molar-refractivity contribution is 5.78. The molecule has 0 aliphatic heterocycles. The summed E-state index contributed by atoms with van der Waals surface area (Å²) < 4.78 is 0. The number of hydrogen-bond donors (Lipinski definition) is 2. The number of amides is 2. The van der Waals surface area contributed by atoms with E-state index in [1.54, 1.807) is 0 Å². The number of nitrogens with zero attached hydrogens (tertiary/aromatic N) is 1. The molecule has 0 atom stereocenters. The Morgan fingerprint density at radius 3 is 2.43 bits per heavy atom. The van der Waals surface area contributed by atoms with Crippen LogP contribution < -0.4 is 10.6 Å². The number of hydrogen-bond acceptors (Lipinski definition) is 3. The largest absolute Gasteiger partial charge is 0.355 e. The van der Waals surface area contributed by atoms with Crippen molar-refractivity contribution in [1.29, 1.82) is 0 Å². The summed E-state index contributed by atoms with van der Waals surface area (Å²) in [4.78, 5) is 24.9. The zero-order chi connectivity index (χ0) is 15.1. The smallest absolute Gasteiger partial charge is 0.234 e. The van der Waals surface area contributed by atoms with Crippen molar-refractivity contribution in [3.05, 3.63) is 35.9 Å². The summed E-state index contributed by atoms with van der Waals surface area (Å²) in [6.07, 6.45) is 2.35. The fourth-order valence-corrected chi connectivity index (χ4v) is 2.25. The lowest BCUT2D eigenvalue weighted by atomic mass is 10.2. The maximum absolute atomic E-state index is 12.0. The number of nitrogens with one attached hydrogen (secondary N) is 2. The lowest BCUT2D eigenvalue weighted by Crippen LogP contribution is -2.40. The van der Waals surface area contributed by atoms with Crippen molar-refractivity contribution in [3.63, 3.8) is 0 Å². The molecule has 1 aromatic carbocycles. The van der Waals surface area contributed by atoms with E-state index in [1.807, 2.05) is 18.2 Å². The molecule has 0 saturated heterocycles. The molecular formula is C16H23N3O2. The third-order valence-electron chi connectivity index (χ3n) is 3.46. The number of carbonyl (C=O) groups excluding carboxylic acids is 2.